The zero-order chi connectivity index (χ0) is 27.7. The number of aromatic nitrogens is 1. The van der Waals surface area contributed by atoms with Gasteiger partial charge in [0.05, 0.1) is 0 Å². The van der Waals surface area contributed by atoms with Crippen LogP contribution in [-0.2, 0) is 19.7 Å². The molecule has 3 aliphatic heterocycles. The first-order valence-corrected chi connectivity index (χ1v) is 14.8. The van der Waals surface area contributed by atoms with E-state index in [9.17, 15) is 18.0 Å². The lowest BCUT2D eigenvalue weighted by Gasteiger charge is -2.54. The van der Waals surface area contributed by atoms with Crippen LogP contribution in [0.1, 0.15) is 82.0 Å². The minimum absolute atomic E-state index is 0.157. The van der Waals surface area contributed by atoms with E-state index >= 15 is 0 Å². The molecule has 38 heavy (non-hydrogen) atoms. The number of nitrogens with one attached hydrogen (secondary N) is 1. The van der Waals surface area contributed by atoms with Gasteiger partial charge < -0.3 is 19.5 Å². The first-order valence-electron chi connectivity index (χ1n) is 13.4. The second-order valence-electron chi connectivity index (χ2n) is 12.1. The van der Waals surface area contributed by atoms with Crippen molar-refractivity contribution in [1.82, 2.24) is 24.0 Å². The average molecular weight is 552 g/mol. The zero-order valence-electron chi connectivity index (χ0n) is 23.1. The Bertz CT molecular complexity index is 1140. The fraction of sp³-hybridized carbons (Fsp3) is 0.731. The molecular formula is C26H41N5O6S. The van der Waals surface area contributed by atoms with Gasteiger partial charge in [-0.15, -0.1) is 0 Å². The number of likely N-dealkylation sites (tertiary alicyclic amines) is 1. The lowest BCUT2D eigenvalue weighted by atomic mass is 9.73. The molecule has 1 unspecified atom stereocenters. The zero-order valence-corrected chi connectivity index (χ0v) is 23.9. The Labute approximate surface area is 225 Å². The van der Waals surface area contributed by atoms with Crippen LogP contribution in [0.25, 0.3) is 0 Å². The van der Waals surface area contributed by atoms with Crippen molar-refractivity contribution >= 4 is 22.6 Å². The molecule has 1 spiro atoms. The predicted molar refractivity (Wildman–Crippen MR) is 141 cm³/mol. The van der Waals surface area contributed by atoms with Gasteiger partial charge in [-0.2, -0.15) is 17.0 Å². The molecule has 0 radical (unpaired) electrons. The molecule has 5 rings (SSSR count). The number of rotatable bonds is 6. The van der Waals surface area contributed by atoms with Gasteiger partial charge >= 0.3 is 0 Å². The maximum Gasteiger partial charge on any atom is 0.293 e. The van der Waals surface area contributed by atoms with Crippen molar-refractivity contribution < 1.29 is 27.3 Å². The van der Waals surface area contributed by atoms with E-state index in [-0.39, 0.29) is 35.2 Å². The van der Waals surface area contributed by atoms with Crippen LogP contribution in [0.3, 0.4) is 0 Å². The minimum Gasteiger partial charge on any atom is -0.462 e. The van der Waals surface area contributed by atoms with E-state index in [0.29, 0.717) is 31.9 Å². The number of amides is 1. The molecule has 1 saturated carbocycles. The Morgan fingerprint density at radius 1 is 1.24 bits per heavy atom. The largest absolute Gasteiger partial charge is 0.462 e. The number of carbonyl (C=O) groups excluding carboxylic acids is 2. The summed E-state index contributed by atoms with van der Waals surface area (Å²) in [6, 6.07) is 1.48. The van der Waals surface area contributed by atoms with Crippen molar-refractivity contribution in [2.45, 2.75) is 77.4 Å². The molecule has 11 nitrogen and oxygen atoms in total. The van der Waals surface area contributed by atoms with Gasteiger partial charge in [0, 0.05) is 55.2 Å². The second kappa shape index (κ2) is 11.1. The van der Waals surface area contributed by atoms with Crippen molar-refractivity contribution in [2.75, 3.05) is 39.8 Å². The lowest BCUT2D eigenvalue weighted by molar-refractivity contribution is -0.138. The molecular weight excluding hydrogens is 510 g/mol. The van der Waals surface area contributed by atoms with Gasteiger partial charge in [0.2, 0.25) is 0 Å². The number of carbonyl (C=O) groups is 2. The maximum atomic E-state index is 13.2. The van der Waals surface area contributed by atoms with Gasteiger partial charge in [-0.1, -0.05) is 5.16 Å². The van der Waals surface area contributed by atoms with E-state index in [2.05, 4.69) is 27.2 Å². The van der Waals surface area contributed by atoms with Crippen molar-refractivity contribution in [3.8, 4) is 0 Å². The summed E-state index contributed by atoms with van der Waals surface area (Å²) >= 11 is 0. The molecule has 1 aromatic rings. The molecule has 2 saturated heterocycles. The lowest BCUT2D eigenvalue weighted by Crippen LogP contribution is -2.64. The van der Waals surface area contributed by atoms with Gasteiger partial charge in [0.15, 0.2) is 5.69 Å². The molecule has 4 aliphatic rings. The van der Waals surface area contributed by atoms with Crippen LogP contribution in [0.15, 0.2) is 22.4 Å². The fourth-order valence-electron chi connectivity index (χ4n) is 5.04. The van der Waals surface area contributed by atoms with Crippen LogP contribution in [-0.4, -0.2) is 90.9 Å². The van der Waals surface area contributed by atoms with E-state index in [4.69, 9.17) is 4.52 Å². The van der Waals surface area contributed by atoms with Gasteiger partial charge in [-0.05, 0) is 79.6 Å². The fourth-order valence-corrected chi connectivity index (χ4v) is 7.00. The second-order valence-corrected chi connectivity index (χ2v) is 14.0. The van der Waals surface area contributed by atoms with Gasteiger partial charge in [0.1, 0.15) is 11.4 Å². The minimum atomic E-state index is -3.50. The summed E-state index contributed by atoms with van der Waals surface area (Å²) in [4.78, 5) is 24.4. The molecule has 4 heterocycles. The smallest absolute Gasteiger partial charge is 0.293 e. The third kappa shape index (κ3) is 6.83. The summed E-state index contributed by atoms with van der Waals surface area (Å²) < 4.78 is 39.4. The molecule has 1 aromatic heterocycles. The first kappa shape index (κ1) is 28.7. The average Bonchev–Trinajstić information content (AvgIpc) is 3.54. The quantitative estimate of drug-likeness (QED) is 0.535. The Kier molecular flexibility index (Phi) is 8.37. The predicted octanol–water partition coefficient (Wildman–Crippen LogP) is 2.49. The van der Waals surface area contributed by atoms with Gasteiger partial charge in [0.25, 0.3) is 22.6 Å². The van der Waals surface area contributed by atoms with E-state index in [1.54, 1.807) is 20.8 Å². The summed E-state index contributed by atoms with van der Waals surface area (Å²) in [6.45, 7) is 11.4. The highest BCUT2D eigenvalue weighted by Gasteiger charge is 2.51. The summed E-state index contributed by atoms with van der Waals surface area (Å²) in [5.41, 5.74) is 0.844. The molecule has 1 aliphatic carbocycles. The molecule has 3 fully saturated rings. The van der Waals surface area contributed by atoms with Crippen LogP contribution in [0.2, 0.25) is 0 Å². The monoisotopic (exact) mass is 551 g/mol. The van der Waals surface area contributed by atoms with Crippen LogP contribution < -0.4 is 5.32 Å². The van der Waals surface area contributed by atoms with Crippen LogP contribution in [0, 0.1) is 5.41 Å². The topological polar surface area (TPSA) is 125 Å². The highest BCUT2D eigenvalue weighted by molar-refractivity contribution is 7.86. The Morgan fingerprint density at radius 2 is 1.89 bits per heavy atom. The molecule has 0 bridgehead atoms. The Balaban J connectivity index is 0.000000426. The summed E-state index contributed by atoms with van der Waals surface area (Å²) in [5.74, 6) is 0.861. The molecule has 1 atom stereocenters. The maximum absolute atomic E-state index is 13.2. The SMILES string of the molecule is CC(C)(C)OC=O.CC1CC(NC(=O)c2cc(C3CC3)on2)=CCN1S(=O)(=O)N1CC2(CCN(C)CC2)C1. The van der Waals surface area contributed by atoms with E-state index in [1.807, 2.05) is 27.7 Å². The van der Waals surface area contributed by atoms with Crippen molar-refractivity contribution in [3.05, 3.63) is 29.3 Å². The summed E-state index contributed by atoms with van der Waals surface area (Å²) in [5, 5.41) is 6.75. The van der Waals surface area contributed by atoms with Gasteiger partial charge in [-0.3, -0.25) is 9.59 Å². The van der Waals surface area contributed by atoms with Gasteiger partial charge in [-0.25, -0.2) is 0 Å². The Hall–Kier alpha value is -2.28. The number of nitrogens with zero attached hydrogens (tertiary/aromatic N) is 4. The third-order valence-corrected chi connectivity index (χ3v) is 9.65. The molecule has 1 N–H and O–H groups in total. The molecule has 12 heteroatoms. The van der Waals surface area contributed by atoms with E-state index in [1.165, 1.54) is 0 Å². The molecule has 1 amide bonds. The summed E-state index contributed by atoms with van der Waals surface area (Å²) in [7, 11) is -1.38. The third-order valence-electron chi connectivity index (χ3n) is 7.63. The first-order chi connectivity index (χ1) is 17.8. The van der Waals surface area contributed by atoms with Crippen molar-refractivity contribution in [2.24, 2.45) is 5.41 Å². The number of hydrogen-bond donors (Lipinski definition) is 1. The van der Waals surface area contributed by atoms with E-state index in [0.717, 1.165) is 50.2 Å². The highest BCUT2D eigenvalue weighted by atomic mass is 32.2. The molecule has 0 aromatic carbocycles. The normalized spacial score (nSPS) is 24.6. The summed E-state index contributed by atoms with van der Waals surface area (Å²) in [6.07, 6.45) is 6.54. The van der Waals surface area contributed by atoms with Crippen molar-refractivity contribution in [1.29, 1.82) is 0 Å². The van der Waals surface area contributed by atoms with Crippen LogP contribution >= 0.6 is 0 Å². The van der Waals surface area contributed by atoms with Crippen LogP contribution in [0.5, 0.6) is 0 Å². The number of hydrogen-bond acceptors (Lipinski definition) is 8. The standard InChI is InChI=1S/C21H31N5O4S.C5H10O2/c1-15-11-17(22-20(27)18-12-19(30-23-18)16-3-4-16)5-8-26(15)31(28,29)25-13-21(14-25)6-9-24(2)10-7-21;1-5(2,3)7-4-6/h5,12,15-16H,3-4,6-11,13-14H2,1-2H3,(H,22,27);4H,1-3H3. The Morgan fingerprint density at radius 3 is 2.42 bits per heavy atom. The van der Waals surface area contributed by atoms with E-state index < -0.39 is 10.2 Å². The van der Waals surface area contributed by atoms with Crippen LogP contribution in [0.4, 0.5) is 0 Å². The number of ether oxygens (including phenoxy) is 1. The molecule has 212 valence electrons. The number of piperidine rings is 1. The van der Waals surface area contributed by atoms with Crippen molar-refractivity contribution in [3.63, 3.8) is 0 Å². The highest BCUT2D eigenvalue weighted by Crippen LogP contribution is 2.43.